The van der Waals surface area contributed by atoms with Gasteiger partial charge in [-0.3, -0.25) is 0 Å². The lowest BCUT2D eigenvalue weighted by atomic mass is 10.3. The number of hydrogen-bond donors (Lipinski definition) is 1. The minimum Gasteiger partial charge on any atom is -0.363 e. The van der Waals surface area contributed by atoms with Crippen LogP contribution < -0.4 is 5.32 Å². The largest absolute Gasteiger partial charge is 0.363 e. The first-order valence-electron chi connectivity index (χ1n) is 4.87. The highest BCUT2D eigenvalue weighted by Gasteiger charge is 2.00. The summed E-state index contributed by atoms with van der Waals surface area (Å²) in [5.74, 6) is 1.60. The van der Waals surface area contributed by atoms with Crippen LogP contribution in [0.1, 0.15) is 11.5 Å². The van der Waals surface area contributed by atoms with Crippen LogP contribution in [-0.2, 0) is 13.6 Å². The van der Waals surface area contributed by atoms with E-state index in [1.165, 1.54) is 0 Å². The number of aryl methyl sites for hydroxylation is 1. The van der Waals surface area contributed by atoms with Crippen molar-refractivity contribution in [1.29, 1.82) is 5.26 Å². The molecule has 0 saturated carbocycles. The van der Waals surface area contributed by atoms with Crippen molar-refractivity contribution in [2.75, 3.05) is 5.32 Å². The molecule has 0 unspecified atom stereocenters. The number of pyridine rings is 1. The van der Waals surface area contributed by atoms with Gasteiger partial charge in [-0.15, -0.1) is 0 Å². The zero-order valence-electron chi connectivity index (χ0n) is 8.88. The second-order valence-corrected chi connectivity index (χ2v) is 3.33. The summed E-state index contributed by atoms with van der Waals surface area (Å²) in [4.78, 5) is 8.29. The van der Waals surface area contributed by atoms with E-state index in [2.05, 4.69) is 15.3 Å². The molecule has 0 atom stereocenters. The highest BCUT2D eigenvalue weighted by molar-refractivity contribution is 5.38. The fourth-order valence-electron chi connectivity index (χ4n) is 1.33. The fraction of sp³-hybridized carbons (Fsp3) is 0.182. The van der Waals surface area contributed by atoms with E-state index in [4.69, 9.17) is 5.26 Å². The summed E-state index contributed by atoms with van der Waals surface area (Å²) in [6, 6.07) is 7.29. The highest BCUT2D eigenvalue weighted by Crippen LogP contribution is 2.05. The van der Waals surface area contributed by atoms with Gasteiger partial charge in [-0.1, -0.05) is 6.07 Å². The van der Waals surface area contributed by atoms with E-state index >= 15 is 0 Å². The number of nitriles is 1. The molecule has 2 heterocycles. The normalized spacial score (nSPS) is 9.75. The van der Waals surface area contributed by atoms with Crippen molar-refractivity contribution in [2.45, 2.75) is 6.54 Å². The number of nitrogens with zero attached hydrogens (tertiary/aromatic N) is 4. The summed E-state index contributed by atoms with van der Waals surface area (Å²) >= 11 is 0. The van der Waals surface area contributed by atoms with Crippen LogP contribution in [-0.4, -0.2) is 14.5 Å². The number of imidazole rings is 1. The predicted molar refractivity (Wildman–Crippen MR) is 59.5 cm³/mol. The first-order chi connectivity index (χ1) is 7.79. The third-order valence-electron chi connectivity index (χ3n) is 2.21. The molecule has 0 fully saturated rings. The monoisotopic (exact) mass is 213 g/mol. The van der Waals surface area contributed by atoms with E-state index in [1.807, 2.05) is 29.9 Å². The molecular formula is C11H11N5. The van der Waals surface area contributed by atoms with Crippen molar-refractivity contribution >= 4 is 5.82 Å². The van der Waals surface area contributed by atoms with Crippen molar-refractivity contribution < 1.29 is 0 Å². The quantitative estimate of drug-likeness (QED) is 0.834. The molecule has 0 spiro atoms. The topological polar surface area (TPSA) is 66.5 Å². The summed E-state index contributed by atoms with van der Waals surface area (Å²) in [6.07, 6.45) is 3.63. The second kappa shape index (κ2) is 4.45. The lowest BCUT2D eigenvalue weighted by molar-refractivity contribution is 0.811. The molecule has 2 aromatic rings. The maximum absolute atomic E-state index is 8.70. The maximum Gasteiger partial charge on any atom is 0.142 e. The molecule has 2 rings (SSSR count). The minimum absolute atomic E-state index is 0.407. The minimum atomic E-state index is 0.407. The Bertz CT molecular complexity index is 523. The Balaban J connectivity index is 2.05. The number of aromatic nitrogens is 3. The van der Waals surface area contributed by atoms with Crippen LogP contribution in [0.5, 0.6) is 0 Å². The van der Waals surface area contributed by atoms with Crippen molar-refractivity contribution in [3.05, 3.63) is 42.1 Å². The summed E-state index contributed by atoms with van der Waals surface area (Å²) < 4.78 is 1.93. The SMILES string of the molecule is Cn1ccnc1CNc1cccc(C#N)n1. The van der Waals surface area contributed by atoms with Crippen LogP contribution in [0, 0.1) is 11.3 Å². The molecule has 80 valence electrons. The smallest absolute Gasteiger partial charge is 0.142 e. The van der Waals surface area contributed by atoms with Crippen LogP contribution in [0.25, 0.3) is 0 Å². The van der Waals surface area contributed by atoms with E-state index in [-0.39, 0.29) is 0 Å². The van der Waals surface area contributed by atoms with Crippen LogP contribution in [0.3, 0.4) is 0 Å². The molecule has 0 aliphatic rings. The van der Waals surface area contributed by atoms with Gasteiger partial charge in [-0.25, -0.2) is 9.97 Å². The average molecular weight is 213 g/mol. The van der Waals surface area contributed by atoms with Gasteiger partial charge in [-0.2, -0.15) is 5.26 Å². The molecule has 0 radical (unpaired) electrons. The Kier molecular flexibility index (Phi) is 2.83. The summed E-state index contributed by atoms with van der Waals surface area (Å²) in [7, 11) is 1.93. The molecule has 16 heavy (non-hydrogen) atoms. The third-order valence-corrected chi connectivity index (χ3v) is 2.21. The van der Waals surface area contributed by atoms with Crippen LogP contribution in [0.4, 0.5) is 5.82 Å². The van der Waals surface area contributed by atoms with E-state index < -0.39 is 0 Å². The molecule has 5 heteroatoms. The predicted octanol–water partition coefficient (Wildman–Crippen LogP) is 1.30. The standard InChI is InChI=1S/C11H11N5/c1-16-6-5-13-11(16)8-14-10-4-2-3-9(7-12)15-10/h2-6H,8H2,1H3,(H,14,15). The van der Waals surface area contributed by atoms with Crippen LogP contribution in [0.15, 0.2) is 30.6 Å². The summed E-state index contributed by atoms with van der Waals surface area (Å²) in [5.41, 5.74) is 0.407. The van der Waals surface area contributed by atoms with Gasteiger partial charge in [0.15, 0.2) is 0 Å². The molecule has 0 aliphatic heterocycles. The Morgan fingerprint density at radius 1 is 1.50 bits per heavy atom. The summed E-state index contributed by atoms with van der Waals surface area (Å²) in [5, 5.41) is 11.8. The van der Waals surface area contributed by atoms with Gasteiger partial charge >= 0.3 is 0 Å². The Labute approximate surface area is 93.4 Å². The van der Waals surface area contributed by atoms with Gasteiger partial charge in [0.25, 0.3) is 0 Å². The van der Waals surface area contributed by atoms with Crippen LogP contribution in [0.2, 0.25) is 0 Å². The van der Waals surface area contributed by atoms with Gasteiger partial charge in [-0.05, 0) is 12.1 Å². The maximum atomic E-state index is 8.70. The molecule has 5 nitrogen and oxygen atoms in total. The lowest BCUT2D eigenvalue weighted by Gasteiger charge is -2.05. The van der Waals surface area contributed by atoms with E-state index in [1.54, 1.807) is 18.3 Å². The zero-order valence-corrected chi connectivity index (χ0v) is 8.88. The van der Waals surface area contributed by atoms with Crippen molar-refractivity contribution in [3.63, 3.8) is 0 Å². The molecule has 2 aromatic heterocycles. The first-order valence-corrected chi connectivity index (χ1v) is 4.87. The molecular weight excluding hydrogens is 202 g/mol. The van der Waals surface area contributed by atoms with Crippen molar-refractivity contribution in [1.82, 2.24) is 14.5 Å². The molecule has 0 amide bonds. The van der Waals surface area contributed by atoms with Crippen molar-refractivity contribution in [2.24, 2.45) is 7.05 Å². The average Bonchev–Trinajstić information content (AvgIpc) is 2.72. The van der Waals surface area contributed by atoms with Crippen LogP contribution >= 0.6 is 0 Å². The first kappa shape index (κ1) is 10.2. The number of hydrogen-bond acceptors (Lipinski definition) is 4. The molecule has 0 saturated heterocycles. The van der Waals surface area contributed by atoms with Crippen molar-refractivity contribution in [3.8, 4) is 6.07 Å². The second-order valence-electron chi connectivity index (χ2n) is 3.33. The van der Waals surface area contributed by atoms with E-state index in [0.29, 0.717) is 18.1 Å². The fourth-order valence-corrected chi connectivity index (χ4v) is 1.33. The van der Waals surface area contributed by atoms with Gasteiger partial charge < -0.3 is 9.88 Å². The number of rotatable bonds is 3. The number of nitrogens with one attached hydrogen (secondary N) is 1. The molecule has 1 N–H and O–H groups in total. The van der Waals surface area contributed by atoms with Gasteiger partial charge in [0.2, 0.25) is 0 Å². The van der Waals surface area contributed by atoms with E-state index in [0.717, 1.165) is 5.82 Å². The van der Waals surface area contributed by atoms with E-state index in [9.17, 15) is 0 Å². The zero-order chi connectivity index (χ0) is 11.4. The number of anilines is 1. The van der Waals surface area contributed by atoms with Gasteiger partial charge in [0, 0.05) is 19.4 Å². The lowest BCUT2D eigenvalue weighted by Crippen LogP contribution is -2.06. The highest BCUT2D eigenvalue weighted by atomic mass is 15.1. The molecule has 0 bridgehead atoms. The Morgan fingerprint density at radius 3 is 3.06 bits per heavy atom. The Hall–Kier alpha value is -2.35. The molecule has 0 aromatic carbocycles. The third kappa shape index (κ3) is 2.17. The molecule has 0 aliphatic carbocycles. The van der Waals surface area contributed by atoms with Gasteiger partial charge in [0.1, 0.15) is 23.4 Å². The van der Waals surface area contributed by atoms with Gasteiger partial charge in [0.05, 0.1) is 6.54 Å². The Morgan fingerprint density at radius 2 is 2.38 bits per heavy atom. The summed E-state index contributed by atoms with van der Waals surface area (Å²) in [6.45, 7) is 0.589.